The van der Waals surface area contributed by atoms with Gasteiger partial charge >= 0.3 is 12.1 Å². The van der Waals surface area contributed by atoms with E-state index in [4.69, 9.17) is 9.84 Å². The van der Waals surface area contributed by atoms with Gasteiger partial charge in [-0.1, -0.05) is 19.3 Å². The van der Waals surface area contributed by atoms with Gasteiger partial charge in [0.2, 0.25) is 0 Å². The van der Waals surface area contributed by atoms with Gasteiger partial charge in [0.15, 0.2) is 0 Å². The van der Waals surface area contributed by atoms with E-state index in [1.807, 2.05) is 0 Å². The number of nitrogens with one attached hydrogen (secondary N) is 1. The summed E-state index contributed by atoms with van der Waals surface area (Å²) in [7, 11) is 0. The molecule has 2 N–H and O–H groups in total. The molecule has 1 aliphatic rings. The molecule has 5 nitrogen and oxygen atoms in total. The molecule has 1 rings (SSSR count). The molecule has 1 saturated carbocycles. The Morgan fingerprint density at radius 1 is 1.26 bits per heavy atom. The normalized spacial score (nSPS) is 18.7. The van der Waals surface area contributed by atoms with Gasteiger partial charge in [-0.3, -0.25) is 4.79 Å². The number of hydrogen-bond acceptors (Lipinski definition) is 3. The summed E-state index contributed by atoms with van der Waals surface area (Å²) in [6, 6.07) is -0.326. The topological polar surface area (TPSA) is 75.6 Å². The van der Waals surface area contributed by atoms with E-state index in [2.05, 4.69) is 5.32 Å². The molecular weight excluding hydrogens is 246 g/mol. The highest BCUT2D eigenvalue weighted by atomic mass is 16.6. The van der Waals surface area contributed by atoms with Crippen molar-refractivity contribution in [1.29, 1.82) is 0 Å². The zero-order valence-corrected chi connectivity index (χ0v) is 12.1. The zero-order valence-electron chi connectivity index (χ0n) is 12.1. The van der Waals surface area contributed by atoms with Crippen molar-refractivity contribution in [3.8, 4) is 0 Å². The predicted octanol–water partition coefficient (Wildman–Crippen LogP) is 2.93. The van der Waals surface area contributed by atoms with Gasteiger partial charge in [0.1, 0.15) is 5.60 Å². The molecule has 1 fully saturated rings. The highest BCUT2D eigenvalue weighted by Gasteiger charge is 2.28. The number of aliphatic carboxylic acids is 1. The highest BCUT2D eigenvalue weighted by Crippen LogP contribution is 2.28. The Bertz CT molecular complexity index is 316. The molecule has 0 aliphatic heterocycles. The van der Waals surface area contributed by atoms with E-state index in [1.165, 1.54) is 6.42 Å². The van der Waals surface area contributed by atoms with Crippen LogP contribution < -0.4 is 5.32 Å². The zero-order chi connectivity index (χ0) is 14.5. The minimum Gasteiger partial charge on any atom is -0.481 e. The Kier molecular flexibility index (Phi) is 5.63. The second-order valence-corrected chi connectivity index (χ2v) is 6.25. The first-order valence-corrected chi connectivity index (χ1v) is 6.99. The quantitative estimate of drug-likeness (QED) is 0.824. The van der Waals surface area contributed by atoms with Gasteiger partial charge in [-0.25, -0.2) is 4.79 Å². The van der Waals surface area contributed by atoms with Crippen LogP contribution in [0.1, 0.15) is 59.3 Å². The smallest absolute Gasteiger partial charge is 0.407 e. The van der Waals surface area contributed by atoms with Crippen LogP contribution in [0.4, 0.5) is 4.79 Å². The van der Waals surface area contributed by atoms with E-state index in [0.29, 0.717) is 0 Å². The lowest BCUT2D eigenvalue weighted by atomic mass is 9.83. The van der Waals surface area contributed by atoms with Gasteiger partial charge < -0.3 is 15.2 Å². The number of ether oxygens (including phenoxy) is 1. The number of rotatable bonds is 4. The van der Waals surface area contributed by atoms with E-state index >= 15 is 0 Å². The van der Waals surface area contributed by atoms with Crippen LogP contribution in [-0.4, -0.2) is 28.8 Å². The number of carboxylic acids is 1. The summed E-state index contributed by atoms with van der Waals surface area (Å²) >= 11 is 0. The van der Waals surface area contributed by atoms with Gasteiger partial charge in [0.25, 0.3) is 0 Å². The van der Waals surface area contributed by atoms with Gasteiger partial charge in [-0.05, 0) is 39.5 Å². The molecule has 110 valence electrons. The van der Waals surface area contributed by atoms with Crippen molar-refractivity contribution in [3.63, 3.8) is 0 Å². The lowest BCUT2D eigenvalue weighted by Crippen LogP contribution is -2.44. The fourth-order valence-electron chi connectivity index (χ4n) is 2.52. The van der Waals surface area contributed by atoms with Crippen LogP contribution in [0.3, 0.4) is 0 Å². The van der Waals surface area contributed by atoms with Crippen LogP contribution in [0.5, 0.6) is 0 Å². The molecular formula is C14H25NO4. The Hall–Kier alpha value is -1.26. The first-order valence-electron chi connectivity index (χ1n) is 6.99. The van der Waals surface area contributed by atoms with Crippen molar-refractivity contribution >= 4 is 12.1 Å². The number of amides is 1. The summed E-state index contributed by atoms with van der Waals surface area (Å²) in [5.41, 5.74) is -0.565. The molecule has 0 saturated heterocycles. The fourth-order valence-corrected chi connectivity index (χ4v) is 2.52. The molecule has 1 unspecified atom stereocenters. The van der Waals surface area contributed by atoms with E-state index in [9.17, 15) is 9.59 Å². The third-order valence-electron chi connectivity index (χ3n) is 3.32. The van der Waals surface area contributed by atoms with Crippen LogP contribution in [0.25, 0.3) is 0 Å². The van der Waals surface area contributed by atoms with Gasteiger partial charge in [-0.15, -0.1) is 0 Å². The molecule has 0 heterocycles. The first kappa shape index (κ1) is 15.8. The Labute approximate surface area is 114 Å². The second-order valence-electron chi connectivity index (χ2n) is 6.25. The Morgan fingerprint density at radius 3 is 2.32 bits per heavy atom. The maximum Gasteiger partial charge on any atom is 0.407 e. The molecule has 1 aliphatic carbocycles. The predicted molar refractivity (Wildman–Crippen MR) is 72.0 cm³/mol. The van der Waals surface area contributed by atoms with E-state index in [0.717, 1.165) is 25.7 Å². The molecule has 0 aromatic rings. The van der Waals surface area contributed by atoms with E-state index in [1.54, 1.807) is 20.8 Å². The van der Waals surface area contributed by atoms with Crippen LogP contribution in [0.15, 0.2) is 0 Å². The van der Waals surface area contributed by atoms with E-state index < -0.39 is 17.7 Å². The molecule has 0 aromatic carbocycles. The van der Waals surface area contributed by atoms with Crippen LogP contribution in [-0.2, 0) is 9.53 Å². The number of alkyl carbamates (subject to hydrolysis) is 1. The van der Waals surface area contributed by atoms with E-state index in [-0.39, 0.29) is 18.4 Å². The van der Waals surface area contributed by atoms with Crippen molar-refractivity contribution in [2.75, 3.05) is 0 Å². The average molecular weight is 271 g/mol. The molecule has 1 amide bonds. The van der Waals surface area contributed by atoms with Crippen molar-refractivity contribution in [2.24, 2.45) is 5.92 Å². The number of hydrogen-bond donors (Lipinski definition) is 2. The molecule has 0 radical (unpaired) electrons. The average Bonchev–Trinajstić information content (AvgIpc) is 2.26. The summed E-state index contributed by atoms with van der Waals surface area (Å²) in [4.78, 5) is 22.7. The van der Waals surface area contributed by atoms with Crippen LogP contribution >= 0.6 is 0 Å². The molecule has 0 bridgehead atoms. The molecule has 1 atom stereocenters. The molecule has 0 spiro atoms. The maximum atomic E-state index is 11.8. The van der Waals surface area contributed by atoms with Crippen molar-refractivity contribution in [2.45, 2.75) is 70.9 Å². The monoisotopic (exact) mass is 271 g/mol. The summed E-state index contributed by atoms with van der Waals surface area (Å²) < 4.78 is 5.20. The Morgan fingerprint density at radius 2 is 1.84 bits per heavy atom. The first-order chi connectivity index (χ1) is 8.78. The second kappa shape index (κ2) is 6.78. The Balaban J connectivity index is 2.58. The third kappa shape index (κ3) is 6.45. The van der Waals surface area contributed by atoms with Crippen LogP contribution in [0.2, 0.25) is 0 Å². The third-order valence-corrected chi connectivity index (χ3v) is 3.32. The van der Waals surface area contributed by atoms with Gasteiger partial charge in [-0.2, -0.15) is 0 Å². The lowest BCUT2D eigenvalue weighted by Gasteiger charge is -2.30. The SMILES string of the molecule is CC(C)(C)OC(=O)NC(CC(=O)O)C1CCCCC1. The molecule has 19 heavy (non-hydrogen) atoms. The lowest BCUT2D eigenvalue weighted by molar-refractivity contribution is -0.137. The summed E-state index contributed by atoms with van der Waals surface area (Å²) in [5.74, 6) is -0.635. The van der Waals surface area contributed by atoms with Gasteiger partial charge in [0.05, 0.1) is 6.42 Å². The fraction of sp³-hybridized carbons (Fsp3) is 0.857. The number of carbonyl (C=O) groups excluding carboxylic acids is 1. The highest BCUT2D eigenvalue weighted by molar-refractivity contribution is 5.71. The number of carboxylic acid groups (broad SMARTS) is 1. The van der Waals surface area contributed by atoms with Crippen molar-refractivity contribution in [1.82, 2.24) is 5.32 Å². The minimum atomic E-state index is -0.883. The number of carbonyl (C=O) groups is 2. The maximum absolute atomic E-state index is 11.8. The summed E-state index contributed by atoms with van der Waals surface area (Å²) in [6.45, 7) is 5.37. The minimum absolute atomic E-state index is 0.0378. The van der Waals surface area contributed by atoms with Crippen molar-refractivity contribution in [3.05, 3.63) is 0 Å². The summed E-state index contributed by atoms with van der Waals surface area (Å²) in [6.07, 6.45) is 4.81. The molecule has 0 aromatic heterocycles. The van der Waals surface area contributed by atoms with Gasteiger partial charge in [0, 0.05) is 6.04 Å². The van der Waals surface area contributed by atoms with Crippen LogP contribution in [0, 0.1) is 5.92 Å². The van der Waals surface area contributed by atoms with Crippen molar-refractivity contribution < 1.29 is 19.4 Å². The summed E-state index contributed by atoms with van der Waals surface area (Å²) in [5, 5.41) is 11.7. The molecule has 5 heteroatoms. The standard InChI is InChI=1S/C14H25NO4/c1-14(2,3)19-13(18)15-11(9-12(16)17)10-7-5-4-6-8-10/h10-11H,4-9H2,1-3H3,(H,15,18)(H,16,17). The largest absolute Gasteiger partial charge is 0.481 e.